The van der Waals surface area contributed by atoms with Crippen molar-refractivity contribution >= 4 is 23.7 Å². The number of hydrazone groups is 1. The number of fused-ring (bicyclic) bond motifs is 1. The molecule has 0 saturated carbocycles. The van der Waals surface area contributed by atoms with Crippen LogP contribution in [0.25, 0.3) is 0 Å². The van der Waals surface area contributed by atoms with Crippen molar-refractivity contribution in [1.82, 2.24) is 15.2 Å². The lowest BCUT2D eigenvalue weighted by molar-refractivity contribution is -0.130. The summed E-state index contributed by atoms with van der Waals surface area (Å²) in [6, 6.07) is 13.2. The molecule has 2 aromatic carbocycles. The third-order valence-corrected chi connectivity index (χ3v) is 4.92. The van der Waals surface area contributed by atoms with Crippen molar-refractivity contribution in [2.75, 3.05) is 6.61 Å². The van der Waals surface area contributed by atoms with Crippen LogP contribution in [-0.2, 0) is 11.3 Å². The first kappa shape index (κ1) is 19.9. The van der Waals surface area contributed by atoms with Gasteiger partial charge in [0.05, 0.1) is 24.0 Å². The second-order valence-corrected chi connectivity index (χ2v) is 7.03. The Hall–Kier alpha value is -3.39. The second kappa shape index (κ2) is 8.54. The number of carbonyl (C=O) groups excluding carboxylic acids is 1. The molecule has 0 saturated heterocycles. The average Bonchev–Trinajstić information content (AvgIpc) is 3.02. The molecule has 1 amide bonds. The van der Waals surface area contributed by atoms with Crippen LogP contribution in [0.15, 0.2) is 53.6 Å². The van der Waals surface area contributed by atoms with E-state index >= 15 is 0 Å². The molecule has 0 fully saturated rings. The third-order valence-electron chi connectivity index (χ3n) is 4.52. The summed E-state index contributed by atoms with van der Waals surface area (Å²) in [5, 5.41) is 8.72. The number of hydrogen-bond donors (Lipinski definition) is 1. The van der Waals surface area contributed by atoms with Gasteiger partial charge in [0.1, 0.15) is 17.6 Å². The maximum Gasteiger partial charge on any atom is 0.284 e. The Labute approximate surface area is 177 Å². The Morgan fingerprint density at radius 1 is 1.30 bits per heavy atom. The monoisotopic (exact) mass is 428 g/mol. The minimum atomic E-state index is -0.810. The Morgan fingerprint density at radius 3 is 2.80 bits per heavy atom. The van der Waals surface area contributed by atoms with Gasteiger partial charge in [-0.3, -0.25) is 4.79 Å². The number of nitrogens with one attached hydrogen (secondary N) is 1. The lowest BCUT2D eigenvalue weighted by atomic mass is 10.2. The Morgan fingerprint density at radius 2 is 2.03 bits per heavy atom. The molecule has 4 rings (SSSR count). The third kappa shape index (κ3) is 4.28. The molecule has 2 heterocycles. The number of hydrogen-bond acceptors (Lipinski definition) is 5. The van der Waals surface area contributed by atoms with E-state index in [0.717, 1.165) is 5.56 Å². The lowest BCUT2D eigenvalue weighted by Gasteiger charge is -2.24. The second-order valence-electron chi connectivity index (χ2n) is 6.67. The van der Waals surface area contributed by atoms with Gasteiger partial charge in [0, 0.05) is 0 Å². The molecule has 1 aliphatic rings. The smallest absolute Gasteiger partial charge is 0.284 e. The van der Waals surface area contributed by atoms with Gasteiger partial charge in [-0.05, 0) is 36.8 Å². The molecular formula is C21H18ClFN4O3. The zero-order chi connectivity index (χ0) is 21.1. The van der Waals surface area contributed by atoms with Crippen LogP contribution in [0.2, 0.25) is 5.15 Å². The highest BCUT2D eigenvalue weighted by atomic mass is 35.5. The SMILES string of the molecule is Cc1nn(Cc2ccc(F)cc2)c(Cl)c1/C=N/NC(=O)C1COc2ccccc2O1. The van der Waals surface area contributed by atoms with Crippen molar-refractivity contribution in [1.29, 1.82) is 0 Å². The average molecular weight is 429 g/mol. The van der Waals surface area contributed by atoms with Gasteiger partial charge < -0.3 is 9.47 Å². The highest BCUT2D eigenvalue weighted by Gasteiger charge is 2.27. The van der Waals surface area contributed by atoms with Crippen LogP contribution >= 0.6 is 11.6 Å². The first-order valence-electron chi connectivity index (χ1n) is 9.20. The minimum Gasteiger partial charge on any atom is -0.485 e. The standard InChI is InChI=1S/C21H18ClFN4O3/c1-13-16(20(22)27(26-13)11-14-6-8-15(23)9-7-14)10-24-25-21(28)19-12-29-17-4-2-3-5-18(17)30-19/h2-10,19H,11-12H2,1H3,(H,25,28)/b24-10+. The number of carbonyl (C=O) groups is 1. The van der Waals surface area contributed by atoms with Crippen LogP contribution in [0.5, 0.6) is 11.5 Å². The summed E-state index contributed by atoms with van der Waals surface area (Å²) in [6.45, 7) is 2.26. The van der Waals surface area contributed by atoms with E-state index in [0.29, 0.717) is 34.5 Å². The molecule has 1 aliphatic heterocycles. The highest BCUT2D eigenvalue weighted by molar-refractivity contribution is 6.32. The molecule has 9 heteroatoms. The summed E-state index contributed by atoms with van der Waals surface area (Å²) in [6.07, 6.45) is 0.622. The van der Waals surface area contributed by atoms with E-state index in [1.54, 1.807) is 41.9 Å². The van der Waals surface area contributed by atoms with E-state index < -0.39 is 12.0 Å². The van der Waals surface area contributed by atoms with Gasteiger partial charge in [-0.2, -0.15) is 10.2 Å². The van der Waals surface area contributed by atoms with Gasteiger partial charge in [-0.25, -0.2) is 14.5 Å². The molecular weight excluding hydrogens is 411 g/mol. The maximum absolute atomic E-state index is 13.1. The molecule has 0 radical (unpaired) electrons. The molecule has 154 valence electrons. The van der Waals surface area contributed by atoms with Crippen LogP contribution in [-0.4, -0.2) is 34.6 Å². The van der Waals surface area contributed by atoms with E-state index in [1.165, 1.54) is 18.3 Å². The molecule has 0 spiro atoms. The highest BCUT2D eigenvalue weighted by Crippen LogP contribution is 2.30. The number of amides is 1. The van der Waals surface area contributed by atoms with Gasteiger partial charge in [-0.1, -0.05) is 35.9 Å². The molecule has 30 heavy (non-hydrogen) atoms. The lowest BCUT2D eigenvalue weighted by Crippen LogP contribution is -2.42. The molecule has 7 nitrogen and oxygen atoms in total. The molecule has 0 bridgehead atoms. The van der Waals surface area contributed by atoms with Gasteiger partial charge in [-0.15, -0.1) is 0 Å². The summed E-state index contributed by atoms with van der Waals surface area (Å²) in [7, 11) is 0. The molecule has 1 aromatic heterocycles. The Kier molecular flexibility index (Phi) is 5.67. The zero-order valence-corrected chi connectivity index (χ0v) is 16.8. The number of rotatable bonds is 5. The van der Waals surface area contributed by atoms with Crippen LogP contribution in [0.3, 0.4) is 0 Å². The number of ether oxygens (including phenoxy) is 2. The van der Waals surface area contributed by atoms with E-state index in [1.807, 2.05) is 6.07 Å². The van der Waals surface area contributed by atoms with Crippen LogP contribution in [0, 0.1) is 12.7 Å². The number of nitrogens with zero attached hydrogens (tertiary/aromatic N) is 3. The van der Waals surface area contributed by atoms with E-state index in [-0.39, 0.29) is 12.4 Å². The first-order valence-corrected chi connectivity index (χ1v) is 9.58. The summed E-state index contributed by atoms with van der Waals surface area (Å²) in [5.74, 6) is 0.365. The van der Waals surface area contributed by atoms with E-state index in [2.05, 4.69) is 15.6 Å². The fourth-order valence-electron chi connectivity index (χ4n) is 2.96. The quantitative estimate of drug-likeness (QED) is 0.499. The summed E-state index contributed by atoms with van der Waals surface area (Å²) in [4.78, 5) is 12.3. The van der Waals surface area contributed by atoms with Gasteiger partial charge in [0.2, 0.25) is 6.10 Å². The zero-order valence-electron chi connectivity index (χ0n) is 16.0. The van der Waals surface area contributed by atoms with Crippen LogP contribution in [0.1, 0.15) is 16.8 Å². The molecule has 1 N–H and O–H groups in total. The first-order chi connectivity index (χ1) is 14.5. The van der Waals surface area contributed by atoms with Gasteiger partial charge >= 0.3 is 0 Å². The predicted octanol–water partition coefficient (Wildman–Crippen LogP) is 3.32. The predicted molar refractivity (Wildman–Crippen MR) is 110 cm³/mol. The van der Waals surface area contributed by atoms with Crippen molar-refractivity contribution in [2.24, 2.45) is 5.10 Å². The van der Waals surface area contributed by atoms with Gasteiger partial charge in [0.25, 0.3) is 5.91 Å². The fraction of sp³-hybridized carbons (Fsp3) is 0.190. The molecule has 0 aliphatic carbocycles. The van der Waals surface area contributed by atoms with Crippen molar-refractivity contribution in [3.05, 3.63) is 76.3 Å². The van der Waals surface area contributed by atoms with Crippen molar-refractivity contribution in [3.63, 3.8) is 0 Å². The van der Waals surface area contributed by atoms with Crippen molar-refractivity contribution in [3.8, 4) is 11.5 Å². The summed E-state index contributed by atoms with van der Waals surface area (Å²) in [5.41, 5.74) is 4.51. The van der Waals surface area contributed by atoms with E-state index in [4.69, 9.17) is 21.1 Å². The molecule has 1 unspecified atom stereocenters. The van der Waals surface area contributed by atoms with Crippen LogP contribution in [0.4, 0.5) is 4.39 Å². The number of aryl methyl sites for hydroxylation is 1. The largest absolute Gasteiger partial charge is 0.485 e. The Balaban J connectivity index is 1.40. The minimum absolute atomic E-state index is 0.0910. The molecule has 3 aromatic rings. The normalized spacial score (nSPS) is 15.4. The van der Waals surface area contributed by atoms with Crippen molar-refractivity contribution < 1.29 is 18.7 Å². The fourth-order valence-corrected chi connectivity index (χ4v) is 3.25. The van der Waals surface area contributed by atoms with Crippen molar-refractivity contribution in [2.45, 2.75) is 19.6 Å². The van der Waals surface area contributed by atoms with Crippen LogP contribution < -0.4 is 14.9 Å². The van der Waals surface area contributed by atoms with Gasteiger partial charge in [0.15, 0.2) is 11.5 Å². The Bertz CT molecular complexity index is 1100. The topological polar surface area (TPSA) is 77.7 Å². The summed E-state index contributed by atoms with van der Waals surface area (Å²) < 4.78 is 25.8. The number of benzene rings is 2. The van der Waals surface area contributed by atoms with E-state index in [9.17, 15) is 9.18 Å². The number of aromatic nitrogens is 2. The maximum atomic E-state index is 13.1. The molecule has 1 atom stereocenters. The summed E-state index contributed by atoms with van der Waals surface area (Å²) >= 11 is 6.41. The number of halogens is 2. The number of para-hydroxylation sites is 2.